The Bertz CT molecular complexity index is 269. The summed E-state index contributed by atoms with van der Waals surface area (Å²) in [7, 11) is 1.40. The molecular formula is C13H24N2O2. The third-order valence-electron chi connectivity index (χ3n) is 3.63. The number of hydrogen-bond donors (Lipinski definition) is 1. The molecule has 98 valence electrons. The van der Waals surface area contributed by atoms with Gasteiger partial charge in [0.25, 0.3) is 0 Å². The first-order valence-electron chi connectivity index (χ1n) is 6.61. The topological polar surface area (TPSA) is 55.6 Å². The monoisotopic (exact) mass is 240 g/mol. The van der Waals surface area contributed by atoms with Crippen LogP contribution >= 0.6 is 0 Å². The molecular weight excluding hydrogens is 216 g/mol. The maximum Gasteiger partial charge on any atom is 0.326 e. The van der Waals surface area contributed by atoms with E-state index in [9.17, 15) is 4.79 Å². The first-order valence-corrected chi connectivity index (χ1v) is 6.61. The van der Waals surface area contributed by atoms with Gasteiger partial charge in [0.15, 0.2) is 0 Å². The molecule has 4 nitrogen and oxygen atoms in total. The average Bonchev–Trinajstić information content (AvgIpc) is 3.11. The molecule has 0 aliphatic heterocycles. The quantitative estimate of drug-likeness (QED) is 0.674. The lowest BCUT2D eigenvalue weighted by molar-refractivity contribution is -0.147. The molecule has 0 heterocycles. The van der Waals surface area contributed by atoms with Crippen molar-refractivity contribution in [2.24, 2.45) is 17.6 Å². The van der Waals surface area contributed by atoms with Crippen molar-refractivity contribution in [3.8, 4) is 0 Å². The minimum atomic E-state index is -0.876. The van der Waals surface area contributed by atoms with Crippen LogP contribution in [0.25, 0.3) is 0 Å². The van der Waals surface area contributed by atoms with Gasteiger partial charge in [-0.3, -0.25) is 4.79 Å². The van der Waals surface area contributed by atoms with Crippen molar-refractivity contribution in [1.29, 1.82) is 0 Å². The third-order valence-corrected chi connectivity index (χ3v) is 3.63. The van der Waals surface area contributed by atoms with Gasteiger partial charge in [0, 0.05) is 19.6 Å². The molecule has 0 aromatic rings. The Labute approximate surface area is 103 Å². The molecule has 1 atom stereocenters. The molecule has 2 rings (SSSR count). The zero-order valence-electron chi connectivity index (χ0n) is 10.9. The van der Waals surface area contributed by atoms with Crippen molar-refractivity contribution in [3.63, 3.8) is 0 Å². The van der Waals surface area contributed by atoms with Crippen molar-refractivity contribution in [2.75, 3.05) is 26.7 Å². The van der Waals surface area contributed by atoms with Crippen LogP contribution in [0.3, 0.4) is 0 Å². The molecule has 4 heteroatoms. The zero-order valence-corrected chi connectivity index (χ0v) is 10.9. The molecule has 0 aromatic carbocycles. The van der Waals surface area contributed by atoms with Gasteiger partial charge in [-0.2, -0.15) is 0 Å². The Morgan fingerprint density at radius 2 is 1.76 bits per heavy atom. The molecule has 0 bridgehead atoms. The molecule has 17 heavy (non-hydrogen) atoms. The van der Waals surface area contributed by atoms with Crippen LogP contribution in [0.15, 0.2) is 0 Å². The Morgan fingerprint density at radius 3 is 2.12 bits per heavy atom. The molecule has 2 fully saturated rings. The lowest BCUT2D eigenvalue weighted by atomic mass is 10.0. The normalized spacial score (nSPS) is 23.5. The second-order valence-corrected chi connectivity index (χ2v) is 5.99. The predicted octanol–water partition coefficient (Wildman–Crippen LogP) is 0.999. The Morgan fingerprint density at radius 1 is 1.29 bits per heavy atom. The van der Waals surface area contributed by atoms with E-state index in [2.05, 4.69) is 4.90 Å². The predicted molar refractivity (Wildman–Crippen MR) is 66.5 cm³/mol. The second-order valence-electron chi connectivity index (χ2n) is 5.99. The highest BCUT2D eigenvalue weighted by molar-refractivity contribution is 5.80. The summed E-state index contributed by atoms with van der Waals surface area (Å²) in [6.45, 7) is 4.58. The summed E-state index contributed by atoms with van der Waals surface area (Å²) >= 11 is 0. The van der Waals surface area contributed by atoms with Crippen LogP contribution in [0.4, 0.5) is 0 Å². The molecule has 2 aliphatic carbocycles. The summed E-state index contributed by atoms with van der Waals surface area (Å²) in [5.41, 5.74) is 5.17. The highest BCUT2D eigenvalue weighted by Gasteiger charge is 2.36. The summed E-state index contributed by atoms with van der Waals surface area (Å²) in [4.78, 5) is 14.0. The summed E-state index contributed by atoms with van der Waals surface area (Å²) in [5.74, 6) is 1.36. The molecule has 0 spiro atoms. The minimum absolute atomic E-state index is 0.311. The highest BCUT2D eigenvalue weighted by atomic mass is 16.5. The van der Waals surface area contributed by atoms with Gasteiger partial charge in [-0.05, 0) is 44.4 Å². The van der Waals surface area contributed by atoms with Crippen molar-refractivity contribution < 1.29 is 9.53 Å². The van der Waals surface area contributed by atoms with E-state index in [-0.39, 0.29) is 5.97 Å². The minimum Gasteiger partial charge on any atom is -0.468 e. The third kappa shape index (κ3) is 3.96. The first-order chi connectivity index (χ1) is 8.01. The Kier molecular flexibility index (Phi) is 3.73. The van der Waals surface area contributed by atoms with Crippen LogP contribution < -0.4 is 5.73 Å². The Hall–Kier alpha value is -0.610. The van der Waals surface area contributed by atoms with Gasteiger partial charge in [0.2, 0.25) is 0 Å². The number of ether oxygens (including phenoxy) is 1. The number of hydrogen-bond acceptors (Lipinski definition) is 4. The molecule has 0 amide bonds. The summed E-state index contributed by atoms with van der Waals surface area (Å²) in [6.07, 6.45) is 5.34. The number of rotatable bonds is 7. The number of nitrogens with two attached hydrogens (primary N) is 1. The summed E-state index contributed by atoms with van der Waals surface area (Å²) < 4.78 is 4.77. The molecule has 0 radical (unpaired) electrons. The van der Waals surface area contributed by atoms with Gasteiger partial charge < -0.3 is 15.4 Å². The van der Waals surface area contributed by atoms with Crippen molar-refractivity contribution in [3.05, 3.63) is 0 Å². The van der Waals surface area contributed by atoms with E-state index >= 15 is 0 Å². The maximum absolute atomic E-state index is 11.6. The Balaban J connectivity index is 1.87. The van der Waals surface area contributed by atoms with E-state index in [1.807, 2.05) is 0 Å². The highest BCUT2D eigenvalue weighted by Crippen LogP contribution is 2.34. The van der Waals surface area contributed by atoms with Crippen molar-refractivity contribution in [2.45, 2.75) is 38.1 Å². The van der Waals surface area contributed by atoms with E-state index in [0.29, 0.717) is 6.54 Å². The smallest absolute Gasteiger partial charge is 0.326 e. The van der Waals surface area contributed by atoms with Crippen LogP contribution in [-0.2, 0) is 9.53 Å². The summed E-state index contributed by atoms with van der Waals surface area (Å²) in [5, 5.41) is 0. The molecule has 0 aromatic heterocycles. The van der Waals surface area contributed by atoms with Gasteiger partial charge >= 0.3 is 5.97 Å². The van der Waals surface area contributed by atoms with Crippen molar-refractivity contribution >= 4 is 5.97 Å². The van der Waals surface area contributed by atoms with Gasteiger partial charge in [-0.1, -0.05) is 0 Å². The van der Waals surface area contributed by atoms with Crippen LogP contribution in [0.5, 0.6) is 0 Å². The van der Waals surface area contributed by atoms with E-state index < -0.39 is 5.54 Å². The van der Waals surface area contributed by atoms with Gasteiger partial charge in [-0.15, -0.1) is 0 Å². The molecule has 2 aliphatic rings. The lowest BCUT2D eigenvalue weighted by Crippen LogP contribution is -2.55. The number of esters is 1. The second kappa shape index (κ2) is 4.94. The van der Waals surface area contributed by atoms with Gasteiger partial charge in [0.1, 0.15) is 5.54 Å². The largest absolute Gasteiger partial charge is 0.468 e. The fourth-order valence-electron chi connectivity index (χ4n) is 2.30. The van der Waals surface area contributed by atoms with Crippen LogP contribution in [0, 0.1) is 11.8 Å². The first kappa shape index (κ1) is 12.8. The summed E-state index contributed by atoms with van der Waals surface area (Å²) in [6, 6.07) is 0. The van der Waals surface area contributed by atoms with Crippen LogP contribution in [-0.4, -0.2) is 43.2 Å². The van der Waals surface area contributed by atoms with E-state index in [1.54, 1.807) is 6.92 Å². The molecule has 2 N–H and O–H groups in total. The van der Waals surface area contributed by atoms with Gasteiger partial charge in [0.05, 0.1) is 7.11 Å². The number of carbonyl (C=O) groups is 1. The zero-order chi connectivity index (χ0) is 12.5. The maximum atomic E-state index is 11.6. The number of carbonyl (C=O) groups excluding carboxylic acids is 1. The fourth-order valence-corrected chi connectivity index (χ4v) is 2.30. The molecule has 0 saturated heterocycles. The van der Waals surface area contributed by atoms with Crippen molar-refractivity contribution in [1.82, 2.24) is 4.90 Å². The van der Waals surface area contributed by atoms with Gasteiger partial charge in [-0.25, -0.2) is 0 Å². The lowest BCUT2D eigenvalue weighted by Gasteiger charge is -2.30. The van der Waals surface area contributed by atoms with Crippen LogP contribution in [0.1, 0.15) is 32.6 Å². The fraction of sp³-hybridized carbons (Fsp3) is 0.923. The SMILES string of the molecule is COC(=O)C(C)(N)CN(CC1CC1)CC1CC1. The molecule has 1 unspecified atom stereocenters. The number of nitrogens with zero attached hydrogens (tertiary/aromatic N) is 1. The average molecular weight is 240 g/mol. The number of methoxy groups -OCH3 is 1. The van der Waals surface area contributed by atoms with E-state index in [0.717, 1.165) is 24.9 Å². The van der Waals surface area contributed by atoms with Crippen LogP contribution in [0.2, 0.25) is 0 Å². The van der Waals surface area contributed by atoms with E-state index in [4.69, 9.17) is 10.5 Å². The standard InChI is InChI=1S/C13H24N2O2/c1-13(14,12(16)17-2)9-15(7-10-3-4-10)8-11-5-6-11/h10-11H,3-9,14H2,1-2H3. The molecule has 2 saturated carbocycles. The van der Waals surface area contributed by atoms with E-state index in [1.165, 1.54) is 32.8 Å².